The molecule has 1 fully saturated rings. The van der Waals surface area contributed by atoms with E-state index in [2.05, 4.69) is 0 Å². The summed E-state index contributed by atoms with van der Waals surface area (Å²) in [6, 6.07) is 7.15. The number of piperidine rings is 1. The number of hydrogen-bond acceptors (Lipinski definition) is 5. The number of benzene rings is 1. The quantitative estimate of drug-likeness (QED) is 0.720. The molecule has 0 spiro atoms. The van der Waals surface area contributed by atoms with Crippen LogP contribution in [0.1, 0.15) is 19.3 Å². The second kappa shape index (κ2) is 8.99. The first-order valence-electron chi connectivity index (χ1n) is 8.01. The number of fused-ring (bicyclic) bond motifs is 1. The summed E-state index contributed by atoms with van der Waals surface area (Å²) in [7, 11) is -3.45. The van der Waals surface area contributed by atoms with E-state index in [1.807, 2.05) is 6.07 Å². The molecule has 140 valence electrons. The van der Waals surface area contributed by atoms with Crippen LogP contribution in [0.2, 0.25) is 5.02 Å². The summed E-state index contributed by atoms with van der Waals surface area (Å²) in [5.41, 5.74) is 5.45. The van der Waals surface area contributed by atoms with E-state index in [1.165, 1.54) is 11.3 Å². The molecular formula is C16H22Cl2N2O3S2. The minimum atomic E-state index is -3.45. The van der Waals surface area contributed by atoms with Gasteiger partial charge >= 0.3 is 0 Å². The number of nitrogens with zero attached hydrogens (tertiary/aromatic N) is 1. The van der Waals surface area contributed by atoms with Crippen LogP contribution < -0.4 is 5.73 Å². The number of rotatable bonds is 6. The molecule has 0 saturated carbocycles. The van der Waals surface area contributed by atoms with Crippen molar-refractivity contribution in [2.45, 2.75) is 29.6 Å². The van der Waals surface area contributed by atoms with Crippen molar-refractivity contribution in [3.63, 3.8) is 0 Å². The largest absolute Gasteiger partial charge is 0.378 e. The third-order valence-electron chi connectivity index (χ3n) is 4.15. The molecule has 2 aromatic rings. The van der Waals surface area contributed by atoms with Crippen LogP contribution in [0.15, 0.2) is 28.5 Å². The SMILES string of the molecule is Cl.NCCCOC1CCN(S(=O)(=O)c2cc3cc(Cl)ccc3s2)CC1. The summed E-state index contributed by atoms with van der Waals surface area (Å²) in [6.45, 7) is 2.24. The highest BCUT2D eigenvalue weighted by Crippen LogP contribution is 2.33. The van der Waals surface area contributed by atoms with E-state index in [9.17, 15) is 8.42 Å². The summed E-state index contributed by atoms with van der Waals surface area (Å²) >= 11 is 7.27. The van der Waals surface area contributed by atoms with Crippen molar-refractivity contribution in [1.82, 2.24) is 4.31 Å². The van der Waals surface area contributed by atoms with Gasteiger partial charge < -0.3 is 10.5 Å². The van der Waals surface area contributed by atoms with Crippen LogP contribution in [0, 0.1) is 0 Å². The van der Waals surface area contributed by atoms with Crippen molar-refractivity contribution in [3.8, 4) is 0 Å². The minimum Gasteiger partial charge on any atom is -0.378 e. The van der Waals surface area contributed by atoms with Gasteiger partial charge in [-0.15, -0.1) is 23.7 Å². The minimum absolute atomic E-state index is 0. The van der Waals surface area contributed by atoms with Crippen molar-refractivity contribution in [3.05, 3.63) is 29.3 Å². The Balaban J connectivity index is 0.00000225. The van der Waals surface area contributed by atoms with Crippen LogP contribution in [0.4, 0.5) is 0 Å². The highest BCUT2D eigenvalue weighted by molar-refractivity contribution is 7.91. The number of thiophene rings is 1. The molecule has 0 amide bonds. The van der Waals surface area contributed by atoms with Crippen molar-refractivity contribution < 1.29 is 13.2 Å². The van der Waals surface area contributed by atoms with E-state index >= 15 is 0 Å². The average Bonchev–Trinajstić information content (AvgIpc) is 2.99. The van der Waals surface area contributed by atoms with E-state index in [1.54, 1.807) is 22.5 Å². The lowest BCUT2D eigenvalue weighted by Gasteiger charge is -2.30. The maximum atomic E-state index is 12.9. The lowest BCUT2D eigenvalue weighted by molar-refractivity contribution is 0.0209. The predicted molar refractivity (Wildman–Crippen MR) is 105 cm³/mol. The van der Waals surface area contributed by atoms with Crippen LogP contribution in [0.3, 0.4) is 0 Å². The Morgan fingerprint density at radius 1 is 1.28 bits per heavy atom. The summed E-state index contributed by atoms with van der Waals surface area (Å²) < 4.78 is 34.3. The van der Waals surface area contributed by atoms with Gasteiger partial charge in [0.2, 0.25) is 0 Å². The van der Waals surface area contributed by atoms with Gasteiger partial charge in [0, 0.05) is 29.4 Å². The number of halogens is 2. The normalized spacial score (nSPS) is 16.9. The van der Waals surface area contributed by atoms with Crippen LogP contribution in [-0.2, 0) is 14.8 Å². The zero-order valence-corrected chi connectivity index (χ0v) is 16.9. The van der Waals surface area contributed by atoms with Gasteiger partial charge in [0.1, 0.15) is 4.21 Å². The van der Waals surface area contributed by atoms with Crippen LogP contribution in [0.5, 0.6) is 0 Å². The Morgan fingerprint density at radius 2 is 2.00 bits per heavy atom. The van der Waals surface area contributed by atoms with E-state index < -0.39 is 10.0 Å². The second-order valence-electron chi connectivity index (χ2n) is 5.86. The monoisotopic (exact) mass is 424 g/mol. The van der Waals surface area contributed by atoms with Gasteiger partial charge in [-0.05, 0) is 55.5 Å². The van der Waals surface area contributed by atoms with E-state index in [-0.39, 0.29) is 18.5 Å². The molecule has 1 saturated heterocycles. The molecular weight excluding hydrogens is 403 g/mol. The molecule has 9 heteroatoms. The predicted octanol–water partition coefficient (Wildman–Crippen LogP) is 3.50. The summed E-state index contributed by atoms with van der Waals surface area (Å²) in [5, 5.41) is 1.48. The molecule has 0 aliphatic carbocycles. The maximum absolute atomic E-state index is 12.9. The molecule has 0 atom stereocenters. The molecule has 0 unspecified atom stereocenters. The Hall–Kier alpha value is -0.410. The van der Waals surface area contributed by atoms with Crippen LogP contribution >= 0.6 is 35.3 Å². The lowest BCUT2D eigenvalue weighted by Crippen LogP contribution is -2.40. The van der Waals surface area contributed by atoms with Gasteiger partial charge in [-0.3, -0.25) is 0 Å². The van der Waals surface area contributed by atoms with Gasteiger partial charge in [-0.25, -0.2) is 8.42 Å². The molecule has 0 bridgehead atoms. The summed E-state index contributed by atoms with van der Waals surface area (Å²) in [6.07, 6.45) is 2.41. The molecule has 25 heavy (non-hydrogen) atoms. The van der Waals surface area contributed by atoms with E-state index in [4.69, 9.17) is 22.1 Å². The third kappa shape index (κ3) is 4.86. The van der Waals surface area contributed by atoms with Crippen molar-refractivity contribution >= 4 is 55.5 Å². The molecule has 3 rings (SSSR count). The fourth-order valence-corrected chi connectivity index (χ4v) is 6.00. The zero-order chi connectivity index (χ0) is 17.2. The number of nitrogens with two attached hydrogens (primary N) is 1. The molecule has 1 aliphatic rings. The molecule has 0 radical (unpaired) electrons. The Labute approximate surface area is 163 Å². The number of ether oxygens (including phenoxy) is 1. The van der Waals surface area contributed by atoms with Gasteiger partial charge in [0.25, 0.3) is 10.0 Å². The van der Waals surface area contributed by atoms with Crippen molar-refractivity contribution in [2.75, 3.05) is 26.2 Å². The standard InChI is InChI=1S/C16H21ClN2O3S2.ClH/c17-13-2-3-15-12(10-13)11-16(23-15)24(20,21)19-7-4-14(5-8-19)22-9-1-6-18;/h2-3,10-11,14H,1,4-9,18H2;1H. The fourth-order valence-electron chi connectivity index (χ4n) is 2.82. The first kappa shape index (κ1) is 20.9. The van der Waals surface area contributed by atoms with Crippen LogP contribution in [-0.4, -0.2) is 45.1 Å². The van der Waals surface area contributed by atoms with Crippen molar-refractivity contribution in [1.29, 1.82) is 0 Å². The Bertz CT molecular complexity index is 803. The Kier molecular flexibility index (Phi) is 7.52. The van der Waals surface area contributed by atoms with E-state index in [0.717, 1.165) is 29.3 Å². The van der Waals surface area contributed by atoms with Gasteiger partial charge in [-0.2, -0.15) is 4.31 Å². The van der Waals surface area contributed by atoms with Gasteiger partial charge in [0.15, 0.2) is 0 Å². The highest BCUT2D eigenvalue weighted by atomic mass is 35.5. The van der Waals surface area contributed by atoms with E-state index in [0.29, 0.717) is 35.5 Å². The highest BCUT2D eigenvalue weighted by Gasteiger charge is 2.30. The second-order valence-corrected chi connectivity index (χ2v) is 9.55. The molecule has 1 aromatic heterocycles. The first-order valence-corrected chi connectivity index (χ1v) is 10.6. The number of hydrogen-bond donors (Lipinski definition) is 1. The first-order chi connectivity index (χ1) is 11.5. The summed E-state index contributed by atoms with van der Waals surface area (Å²) in [5.74, 6) is 0. The molecule has 5 nitrogen and oxygen atoms in total. The number of sulfonamides is 1. The smallest absolute Gasteiger partial charge is 0.252 e. The van der Waals surface area contributed by atoms with Crippen molar-refractivity contribution in [2.24, 2.45) is 5.73 Å². The molecule has 2 N–H and O–H groups in total. The maximum Gasteiger partial charge on any atom is 0.252 e. The van der Waals surface area contributed by atoms with Gasteiger partial charge in [-0.1, -0.05) is 11.6 Å². The molecule has 1 aromatic carbocycles. The third-order valence-corrected chi connectivity index (χ3v) is 7.85. The molecule has 1 aliphatic heterocycles. The lowest BCUT2D eigenvalue weighted by atomic mass is 10.1. The average molecular weight is 425 g/mol. The van der Waals surface area contributed by atoms with Gasteiger partial charge in [0.05, 0.1) is 6.10 Å². The van der Waals surface area contributed by atoms with Crippen LogP contribution in [0.25, 0.3) is 10.1 Å². The molecule has 2 heterocycles. The summed E-state index contributed by atoms with van der Waals surface area (Å²) in [4.78, 5) is 0. The Morgan fingerprint density at radius 3 is 2.68 bits per heavy atom. The zero-order valence-electron chi connectivity index (χ0n) is 13.7. The topological polar surface area (TPSA) is 72.6 Å². The fraction of sp³-hybridized carbons (Fsp3) is 0.500.